The van der Waals surface area contributed by atoms with Gasteiger partial charge in [0.15, 0.2) is 0 Å². The van der Waals surface area contributed by atoms with Crippen molar-refractivity contribution in [2.75, 3.05) is 6.54 Å². The molecule has 2 N–H and O–H groups in total. The van der Waals surface area contributed by atoms with Crippen LogP contribution < -0.4 is 5.32 Å². The first kappa shape index (κ1) is 11.5. The van der Waals surface area contributed by atoms with Crippen molar-refractivity contribution in [1.82, 2.24) is 5.32 Å². The van der Waals surface area contributed by atoms with Crippen molar-refractivity contribution in [3.8, 4) is 0 Å². The lowest BCUT2D eigenvalue weighted by atomic mass is 9.67. The predicted molar refractivity (Wildman–Crippen MR) is 56.3 cm³/mol. The molecule has 3 heteroatoms. The van der Waals surface area contributed by atoms with Crippen LogP contribution >= 0.6 is 0 Å². The minimum Gasteiger partial charge on any atom is -0.481 e. The first-order chi connectivity index (χ1) is 6.58. The van der Waals surface area contributed by atoms with Crippen molar-refractivity contribution in [2.45, 2.75) is 52.0 Å². The van der Waals surface area contributed by atoms with Crippen LogP contribution in [0.25, 0.3) is 0 Å². The van der Waals surface area contributed by atoms with E-state index in [0.29, 0.717) is 5.41 Å². The predicted octanol–water partition coefficient (Wildman–Crippen LogP) is 2.02. The second kappa shape index (κ2) is 4.78. The average Bonchev–Trinajstić information content (AvgIpc) is 2.01. The summed E-state index contributed by atoms with van der Waals surface area (Å²) in [4.78, 5) is 10.4. The molecule has 1 aliphatic carbocycles. The number of rotatable bonds is 6. The molecule has 82 valence electrons. The van der Waals surface area contributed by atoms with Gasteiger partial charge >= 0.3 is 5.97 Å². The zero-order valence-electron chi connectivity index (χ0n) is 9.18. The third-order valence-electron chi connectivity index (χ3n) is 3.47. The van der Waals surface area contributed by atoms with Crippen LogP contribution in [0.4, 0.5) is 0 Å². The SMILES string of the molecule is CCC1(CNC(C)CC(=O)O)CCC1. The molecule has 0 aliphatic heterocycles. The molecular weight excluding hydrogens is 178 g/mol. The van der Waals surface area contributed by atoms with Crippen molar-refractivity contribution in [3.05, 3.63) is 0 Å². The number of hydrogen-bond donors (Lipinski definition) is 2. The van der Waals surface area contributed by atoms with Crippen molar-refractivity contribution < 1.29 is 9.90 Å². The first-order valence-corrected chi connectivity index (χ1v) is 5.53. The largest absolute Gasteiger partial charge is 0.481 e. The van der Waals surface area contributed by atoms with Gasteiger partial charge in [-0.25, -0.2) is 0 Å². The fourth-order valence-electron chi connectivity index (χ4n) is 2.06. The minimum atomic E-state index is -0.718. The van der Waals surface area contributed by atoms with Crippen molar-refractivity contribution >= 4 is 5.97 Å². The molecule has 1 unspecified atom stereocenters. The van der Waals surface area contributed by atoms with E-state index in [1.807, 2.05) is 6.92 Å². The lowest BCUT2D eigenvalue weighted by Crippen LogP contribution is -2.43. The van der Waals surface area contributed by atoms with E-state index in [9.17, 15) is 4.79 Å². The van der Waals surface area contributed by atoms with Crippen molar-refractivity contribution in [1.29, 1.82) is 0 Å². The highest BCUT2D eigenvalue weighted by molar-refractivity contribution is 5.67. The average molecular weight is 199 g/mol. The molecule has 3 nitrogen and oxygen atoms in total. The van der Waals surface area contributed by atoms with Crippen LogP contribution in [0.1, 0.15) is 46.0 Å². The van der Waals surface area contributed by atoms with Gasteiger partial charge < -0.3 is 10.4 Å². The van der Waals surface area contributed by atoms with Crippen LogP contribution in [0, 0.1) is 5.41 Å². The molecule has 0 aromatic rings. The maximum Gasteiger partial charge on any atom is 0.304 e. The summed E-state index contributed by atoms with van der Waals surface area (Å²) in [6, 6.07) is 0.0940. The molecular formula is C11H21NO2. The molecule has 0 aromatic heterocycles. The summed E-state index contributed by atoms with van der Waals surface area (Å²) in [5.41, 5.74) is 0.479. The van der Waals surface area contributed by atoms with E-state index < -0.39 is 5.97 Å². The Morgan fingerprint density at radius 2 is 2.21 bits per heavy atom. The molecule has 0 spiro atoms. The number of carboxylic acid groups (broad SMARTS) is 1. The number of aliphatic carboxylic acids is 1. The van der Waals surface area contributed by atoms with Crippen molar-refractivity contribution in [3.63, 3.8) is 0 Å². The van der Waals surface area contributed by atoms with Crippen LogP contribution in [0.15, 0.2) is 0 Å². The highest BCUT2D eigenvalue weighted by Crippen LogP contribution is 2.43. The quantitative estimate of drug-likeness (QED) is 0.688. The molecule has 1 saturated carbocycles. The van der Waals surface area contributed by atoms with Gasteiger partial charge in [-0.05, 0) is 31.6 Å². The van der Waals surface area contributed by atoms with E-state index >= 15 is 0 Å². The molecule has 14 heavy (non-hydrogen) atoms. The van der Waals surface area contributed by atoms with Gasteiger partial charge in [0, 0.05) is 12.6 Å². The van der Waals surface area contributed by atoms with Crippen molar-refractivity contribution in [2.24, 2.45) is 5.41 Å². The molecule has 1 atom stereocenters. The van der Waals surface area contributed by atoms with Crippen LogP contribution in [0.5, 0.6) is 0 Å². The van der Waals surface area contributed by atoms with Gasteiger partial charge in [0.05, 0.1) is 6.42 Å². The van der Waals surface area contributed by atoms with Gasteiger partial charge in [-0.1, -0.05) is 13.3 Å². The highest BCUT2D eigenvalue weighted by Gasteiger charge is 2.34. The maximum atomic E-state index is 10.4. The fourth-order valence-corrected chi connectivity index (χ4v) is 2.06. The number of carbonyl (C=O) groups is 1. The van der Waals surface area contributed by atoms with E-state index in [2.05, 4.69) is 12.2 Å². The molecule has 0 radical (unpaired) electrons. The second-order valence-corrected chi connectivity index (χ2v) is 4.59. The lowest BCUT2D eigenvalue weighted by Gasteiger charge is -2.42. The van der Waals surface area contributed by atoms with Crippen LogP contribution in [0.3, 0.4) is 0 Å². The Morgan fingerprint density at radius 1 is 1.57 bits per heavy atom. The normalized spacial score (nSPS) is 21.3. The monoisotopic (exact) mass is 199 g/mol. The first-order valence-electron chi connectivity index (χ1n) is 5.53. The summed E-state index contributed by atoms with van der Waals surface area (Å²) < 4.78 is 0. The van der Waals surface area contributed by atoms with E-state index in [1.165, 1.54) is 25.7 Å². The van der Waals surface area contributed by atoms with Gasteiger partial charge in [-0.15, -0.1) is 0 Å². The van der Waals surface area contributed by atoms with Gasteiger partial charge in [0.1, 0.15) is 0 Å². The van der Waals surface area contributed by atoms with E-state index in [4.69, 9.17) is 5.11 Å². The third kappa shape index (κ3) is 2.98. The van der Waals surface area contributed by atoms with Crippen LogP contribution in [-0.4, -0.2) is 23.7 Å². The molecule has 1 aliphatic rings. The third-order valence-corrected chi connectivity index (χ3v) is 3.47. The Kier molecular flexibility index (Phi) is 3.93. The maximum absolute atomic E-state index is 10.4. The Labute approximate surface area is 85.9 Å². The molecule has 0 heterocycles. The van der Waals surface area contributed by atoms with Gasteiger partial charge in [-0.2, -0.15) is 0 Å². The Morgan fingerprint density at radius 3 is 2.57 bits per heavy atom. The summed E-state index contributed by atoms with van der Waals surface area (Å²) in [7, 11) is 0. The highest BCUT2D eigenvalue weighted by atomic mass is 16.4. The molecule has 0 amide bonds. The number of carboxylic acids is 1. The minimum absolute atomic E-state index is 0.0940. The fraction of sp³-hybridized carbons (Fsp3) is 0.909. The zero-order valence-corrected chi connectivity index (χ0v) is 9.18. The van der Waals surface area contributed by atoms with Crippen LogP contribution in [0.2, 0.25) is 0 Å². The molecule has 1 rings (SSSR count). The van der Waals surface area contributed by atoms with Crippen LogP contribution in [-0.2, 0) is 4.79 Å². The molecule has 0 aromatic carbocycles. The second-order valence-electron chi connectivity index (χ2n) is 4.59. The summed E-state index contributed by atoms with van der Waals surface area (Å²) in [5.74, 6) is -0.718. The summed E-state index contributed by atoms with van der Waals surface area (Å²) in [6.07, 6.45) is 5.37. The van der Waals surface area contributed by atoms with Gasteiger partial charge in [0.25, 0.3) is 0 Å². The molecule has 0 saturated heterocycles. The Balaban J connectivity index is 2.21. The summed E-state index contributed by atoms with van der Waals surface area (Å²) >= 11 is 0. The molecule has 0 bridgehead atoms. The Hall–Kier alpha value is -0.570. The van der Waals surface area contributed by atoms with Gasteiger partial charge in [-0.3, -0.25) is 4.79 Å². The molecule has 1 fully saturated rings. The Bertz CT molecular complexity index is 194. The summed E-state index contributed by atoms with van der Waals surface area (Å²) in [6.45, 7) is 5.15. The van der Waals surface area contributed by atoms with E-state index in [-0.39, 0.29) is 12.5 Å². The van der Waals surface area contributed by atoms with Gasteiger partial charge in [0.2, 0.25) is 0 Å². The smallest absolute Gasteiger partial charge is 0.304 e. The standard InChI is InChI=1S/C11H21NO2/c1-3-11(5-4-6-11)8-12-9(2)7-10(13)14/h9,12H,3-8H2,1-2H3,(H,13,14). The number of hydrogen-bond acceptors (Lipinski definition) is 2. The number of nitrogens with one attached hydrogen (secondary N) is 1. The zero-order chi connectivity index (χ0) is 10.6. The lowest BCUT2D eigenvalue weighted by molar-refractivity contribution is -0.137. The van der Waals surface area contributed by atoms with E-state index in [0.717, 1.165) is 6.54 Å². The summed E-state index contributed by atoms with van der Waals surface area (Å²) in [5, 5.41) is 11.9. The topological polar surface area (TPSA) is 49.3 Å². The van der Waals surface area contributed by atoms with E-state index in [1.54, 1.807) is 0 Å².